The minimum Gasteiger partial charge on any atom is -0.367 e. The van der Waals surface area contributed by atoms with Crippen LogP contribution in [0.2, 0.25) is 5.02 Å². The summed E-state index contributed by atoms with van der Waals surface area (Å²) in [7, 11) is 0. The number of carbonyl (C=O) groups excluding carboxylic acids is 2. The first-order chi connectivity index (χ1) is 9.40. The lowest BCUT2D eigenvalue weighted by atomic mass is 10.0. The average Bonchev–Trinajstić information content (AvgIpc) is 2.41. The molecule has 1 aromatic carbocycles. The van der Waals surface area contributed by atoms with Crippen LogP contribution in [-0.2, 0) is 20.7 Å². The van der Waals surface area contributed by atoms with Crippen LogP contribution < -0.4 is 5.73 Å². The van der Waals surface area contributed by atoms with Crippen molar-refractivity contribution in [1.82, 2.24) is 4.90 Å². The number of halogens is 1. The van der Waals surface area contributed by atoms with Crippen LogP contribution in [0.3, 0.4) is 0 Å². The van der Waals surface area contributed by atoms with Gasteiger partial charge in [-0.25, -0.2) is 0 Å². The van der Waals surface area contributed by atoms with E-state index in [0.29, 0.717) is 18.2 Å². The molecule has 2 rings (SSSR count). The topological polar surface area (TPSA) is 72.6 Å². The molecular weight excluding hydrogens is 280 g/mol. The molecule has 0 aliphatic carbocycles. The van der Waals surface area contributed by atoms with Gasteiger partial charge < -0.3 is 15.4 Å². The zero-order valence-corrected chi connectivity index (χ0v) is 12.0. The first-order valence-electron chi connectivity index (χ1n) is 6.37. The summed E-state index contributed by atoms with van der Waals surface area (Å²) in [5.74, 6) is -0.607. The van der Waals surface area contributed by atoms with E-state index < -0.39 is 11.5 Å². The van der Waals surface area contributed by atoms with Gasteiger partial charge in [-0.1, -0.05) is 23.7 Å². The Morgan fingerprint density at radius 3 is 2.65 bits per heavy atom. The van der Waals surface area contributed by atoms with E-state index in [1.165, 1.54) is 0 Å². The predicted molar refractivity (Wildman–Crippen MR) is 75.3 cm³/mol. The Hall–Kier alpha value is -1.59. The maximum atomic E-state index is 12.2. The van der Waals surface area contributed by atoms with Crippen molar-refractivity contribution in [2.45, 2.75) is 18.9 Å². The minimum absolute atomic E-state index is 0.0527. The number of morpholine rings is 1. The number of nitrogens with two attached hydrogens (primary N) is 1. The van der Waals surface area contributed by atoms with Crippen molar-refractivity contribution in [3.05, 3.63) is 34.9 Å². The molecule has 5 nitrogen and oxygen atoms in total. The third-order valence-electron chi connectivity index (χ3n) is 3.42. The van der Waals surface area contributed by atoms with Crippen LogP contribution in [0.1, 0.15) is 12.5 Å². The molecule has 0 radical (unpaired) electrons. The highest BCUT2D eigenvalue weighted by Gasteiger charge is 2.39. The summed E-state index contributed by atoms with van der Waals surface area (Å²) in [5.41, 5.74) is 5.09. The van der Waals surface area contributed by atoms with Gasteiger partial charge in [-0.05, 0) is 24.6 Å². The van der Waals surface area contributed by atoms with Crippen LogP contribution >= 0.6 is 11.6 Å². The Kier molecular flexibility index (Phi) is 4.30. The highest BCUT2D eigenvalue weighted by molar-refractivity contribution is 6.30. The van der Waals surface area contributed by atoms with E-state index in [1.54, 1.807) is 24.0 Å². The molecule has 0 saturated carbocycles. The van der Waals surface area contributed by atoms with Gasteiger partial charge in [0.05, 0.1) is 19.6 Å². The lowest BCUT2D eigenvalue weighted by molar-refractivity contribution is -0.160. The van der Waals surface area contributed by atoms with Crippen molar-refractivity contribution < 1.29 is 14.3 Å². The van der Waals surface area contributed by atoms with E-state index in [4.69, 9.17) is 22.1 Å². The Morgan fingerprint density at radius 1 is 1.40 bits per heavy atom. The van der Waals surface area contributed by atoms with Gasteiger partial charge >= 0.3 is 0 Å². The number of carbonyl (C=O) groups is 2. The van der Waals surface area contributed by atoms with Crippen LogP contribution in [0.25, 0.3) is 0 Å². The van der Waals surface area contributed by atoms with Crippen LogP contribution in [0.5, 0.6) is 0 Å². The lowest BCUT2D eigenvalue weighted by Crippen LogP contribution is -2.58. The van der Waals surface area contributed by atoms with E-state index >= 15 is 0 Å². The van der Waals surface area contributed by atoms with Crippen LogP contribution in [0, 0.1) is 0 Å². The van der Waals surface area contributed by atoms with Gasteiger partial charge in [0.15, 0.2) is 5.60 Å². The summed E-state index contributed by atoms with van der Waals surface area (Å²) < 4.78 is 5.39. The van der Waals surface area contributed by atoms with Gasteiger partial charge in [0.1, 0.15) is 0 Å². The van der Waals surface area contributed by atoms with Gasteiger partial charge in [-0.15, -0.1) is 0 Å². The molecule has 1 aliphatic rings. The minimum atomic E-state index is -1.10. The zero-order chi connectivity index (χ0) is 14.8. The number of primary amides is 1. The molecule has 0 aromatic heterocycles. The zero-order valence-electron chi connectivity index (χ0n) is 11.3. The van der Waals surface area contributed by atoms with Crippen LogP contribution in [0.15, 0.2) is 24.3 Å². The average molecular weight is 297 g/mol. The SMILES string of the molecule is CC1(C(N)=O)CN(C(=O)Cc2ccc(Cl)cc2)CCO1. The number of amides is 2. The van der Waals surface area contributed by atoms with Crippen molar-refractivity contribution >= 4 is 23.4 Å². The molecule has 108 valence electrons. The molecule has 2 N–H and O–H groups in total. The molecule has 1 atom stereocenters. The summed E-state index contributed by atoms with van der Waals surface area (Å²) in [6.07, 6.45) is 0.270. The van der Waals surface area contributed by atoms with E-state index in [9.17, 15) is 9.59 Å². The van der Waals surface area contributed by atoms with Crippen molar-refractivity contribution in [2.24, 2.45) is 5.73 Å². The summed E-state index contributed by atoms with van der Waals surface area (Å²) >= 11 is 5.81. The smallest absolute Gasteiger partial charge is 0.251 e. The number of hydrogen-bond acceptors (Lipinski definition) is 3. The maximum absolute atomic E-state index is 12.2. The highest BCUT2D eigenvalue weighted by Crippen LogP contribution is 2.18. The number of ether oxygens (including phenoxy) is 1. The molecule has 1 heterocycles. The van der Waals surface area contributed by atoms with Gasteiger partial charge in [-0.3, -0.25) is 9.59 Å². The fourth-order valence-corrected chi connectivity index (χ4v) is 2.25. The van der Waals surface area contributed by atoms with Crippen LogP contribution in [-0.4, -0.2) is 42.0 Å². The molecule has 6 heteroatoms. The third-order valence-corrected chi connectivity index (χ3v) is 3.67. The van der Waals surface area contributed by atoms with Crippen molar-refractivity contribution in [3.8, 4) is 0 Å². The fraction of sp³-hybridized carbons (Fsp3) is 0.429. The first kappa shape index (κ1) is 14.8. The molecule has 1 fully saturated rings. The maximum Gasteiger partial charge on any atom is 0.251 e. The van der Waals surface area contributed by atoms with Crippen molar-refractivity contribution in [1.29, 1.82) is 0 Å². The third kappa shape index (κ3) is 3.29. The molecule has 1 aromatic rings. The molecule has 1 saturated heterocycles. The summed E-state index contributed by atoms with van der Waals surface area (Å²) in [5, 5.41) is 0.633. The predicted octanol–water partition coefficient (Wildman–Crippen LogP) is 0.985. The lowest BCUT2D eigenvalue weighted by Gasteiger charge is -2.38. The Balaban J connectivity index is 2.02. The Morgan fingerprint density at radius 2 is 2.05 bits per heavy atom. The number of hydrogen-bond donors (Lipinski definition) is 1. The normalized spacial score (nSPS) is 22.6. The van der Waals surface area contributed by atoms with E-state index in [-0.39, 0.29) is 18.9 Å². The fourth-order valence-electron chi connectivity index (χ4n) is 2.12. The number of rotatable bonds is 3. The molecule has 20 heavy (non-hydrogen) atoms. The van der Waals surface area contributed by atoms with Gasteiger partial charge in [0.2, 0.25) is 5.91 Å². The van der Waals surface area contributed by atoms with Gasteiger partial charge in [0.25, 0.3) is 5.91 Å². The Labute approximate surface area is 122 Å². The van der Waals surface area contributed by atoms with Crippen molar-refractivity contribution in [3.63, 3.8) is 0 Å². The first-order valence-corrected chi connectivity index (χ1v) is 6.74. The second-order valence-corrected chi connectivity index (χ2v) is 5.50. The summed E-state index contributed by atoms with van der Waals surface area (Å²) in [4.78, 5) is 25.2. The summed E-state index contributed by atoms with van der Waals surface area (Å²) in [6, 6.07) is 7.12. The molecule has 0 bridgehead atoms. The molecular formula is C14H17ClN2O3. The van der Waals surface area contributed by atoms with Gasteiger partial charge in [0, 0.05) is 11.6 Å². The van der Waals surface area contributed by atoms with Gasteiger partial charge in [-0.2, -0.15) is 0 Å². The second kappa shape index (κ2) is 5.81. The summed E-state index contributed by atoms with van der Waals surface area (Å²) in [6.45, 7) is 2.58. The standard InChI is InChI=1S/C14H17ClN2O3/c1-14(13(16)19)9-17(6-7-20-14)12(18)8-10-2-4-11(15)5-3-10/h2-5H,6-9H2,1H3,(H2,16,19). The number of benzene rings is 1. The van der Waals surface area contributed by atoms with E-state index in [1.807, 2.05) is 12.1 Å². The molecule has 1 aliphatic heterocycles. The monoisotopic (exact) mass is 296 g/mol. The molecule has 0 spiro atoms. The highest BCUT2D eigenvalue weighted by atomic mass is 35.5. The quantitative estimate of drug-likeness (QED) is 0.904. The Bertz CT molecular complexity index is 518. The molecule has 1 unspecified atom stereocenters. The van der Waals surface area contributed by atoms with E-state index in [0.717, 1.165) is 5.56 Å². The number of nitrogens with zero attached hydrogens (tertiary/aromatic N) is 1. The second-order valence-electron chi connectivity index (χ2n) is 5.06. The molecule has 2 amide bonds. The largest absolute Gasteiger partial charge is 0.367 e. The van der Waals surface area contributed by atoms with Crippen LogP contribution in [0.4, 0.5) is 0 Å². The van der Waals surface area contributed by atoms with Crippen molar-refractivity contribution in [2.75, 3.05) is 19.7 Å². The van der Waals surface area contributed by atoms with E-state index in [2.05, 4.69) is 0 Å².